The predicted octanol–water partition coefficient (Wildman–Crippen LogP) is 15.7. The first kappa shape index (κ1) is 39.2. The SMILES string of the molecule is [C-]#[N+]c1c(-n2c3ccccc3c3cc(-c4cccc(-c5ccccc5)n4)ccc32)ccc(-c2cc(C)cc(C#N)c2)c1-n1c2ccccc2c2cc(-c3cccc(-c4ccccc4)n3)ccc21. The molecule has 0 saturated carbocycles. The van der Waals surface area contributed by atoms with E-state index in [9.17, 15) is 5.26 Å². The van der Waals surface area contributed by atoms with Gasteiger partial charge in [0.25, 0.3) is 0 Å². The molecule has 67 heavy (non-hydrogen) atoms. The third kappa shape index (κ3) is 6.64. The first-order valence-corrected chi connectivity index (χ1v) is 22.2. The molecule has 0 spiro atoms. The zero-order valence-corrected chi connectivity index (χ0v) is 36.4. The maximum Gasteiger partial charge on any atom is 0.234 e. The van der Waals surface area contributed by atoms with Crippen LogP contribution in [0.3, 0.4) is 0 Å². The van der Waals surface area contributed by atoms with Crippen LogP contribution in [0.5, 0.6) is 0 Å². The van der Waals surface area contributed by atoms with E-state index in [0.29, 0.717) is 11.3 Å². The standard InChI is InChI=1S/C61H38N6/c1-39-33-40(38-62)35-45(34-39)46-29-32-59(66-55-25-11-9-19-47(55)49-36-43(27-30-57(49)66)53-23-13-21-51(64-53)41-15-5-3-6-16-41)60(63-2)61(46)67-56-26-12-10-20-48(56)50-37-44(28-31-58(50)67)54-24-14-22-52(65-54)42-17-7-4-8-18-42/h3-37H,1H3. The van der Waals surface area contributed by atoms with E-state index in [1.165, 1.54) is 0 Å². The smallest absolute Gasteiger partial charge is 0.234 e. The normalized spacial score (nSPS) is 11.3. The molecule has 12 rings (SSSR count). The van der Waals surface area contributed by atoms with Crippen molar-refractivity contribution in [2.24, 2.45) is 0 Å². The first-order chi connectivity index (χ1) is 33.0. The molecular weight excluding hydrogens is 817 g/mol. The largest absolute Gasteiger partial charge is 0.319 e. The van der Waals surface area contributed by atoms with E-state index in [1.807, 2.05) is 67.6 Å². The highest BCUT2D eigenvalue weighted by atomic mass is 15.1. The van der Waals surface area contributed by atoms with Gasteiger partial charge in [0, 0.05) is 43.8 Å². The van der Waals surface area contributed by atoms with Gasteiger partial charge in [-0.25, -0.2) is 14.8 Å². The number of aryl methyl sites for hydroxylation is 1. The summed E-state index contributed by atoms with van der Waals surface area (Å²) in [6, 6.07) is 75.2. The van der Waals surface area contributed by atoms with Crippen LogP contribution in [-0.2, 0) is 0 Å². The fourth-order valence-electron chi connectivity index (χ4n) is 9.82. The minimum atomic E-state index is 0.491. The van der Waals surface area contributed by atoms with Gasteiger partial charge in [-0.1, -0.05) is 133 Å². The summed E-state index contributed by atoms with van der Waals surface area (Å²) in [6.07, 6.45) is 0. The molecule has 6 nitrogen and oxygen atoms in total. The Bertz CT molecular complexity index is 4010. The summed E-state index contributed by atoms with van der Waals surface area (Å²) in [5.41, 5.74) is 16.9. The fourth-order valence-corrected chi connectivity index (χ4v) is 9.82. The maximum absolute atomic E-state index is 10.2. The molecule has 4 aromatic heterocycles. The van der Waals surface area contributed by atoms with Crippen LogP contribution in [-0.4, -0.2) is 19.1 Å². The lowest BCUT2D eigenvalue weighted by atomic mass is 9.97. The molecular formula is C61H38N6. The molecule has 312 valence electrons. The molecule has 0 atom stereocenters. The van der Waals surface area contributed by atoms with Crippen molar-refractivity contribution >= 4 is 49.3 Å². The molecule has 0 bridgehead atoms. The third-order valence-electron chi connectivity index (χ3n) is 12.8. The molecule has 0 amide bonds. The molecule has 8 aromatic carbocycles. The summed E-state index contributed by atoms with van der Waals surface area (Å²) >= 11 is 0. The number of pyridine rings is 2. The number of fused-ring (bicyclic) bond motifs is 6. The van der Waals surface area contributed by atoms with Crippen LogP contribution in [0.1, 0.15) is 11.1 Å². The Morgan fingerprint density at radius 1 is 0.433 bits per heavy atom. The van der Waals surface area contributed by atoms with E-state index in [0.717, 1.165) is 117 Å². The molecule has 0 N–H and O–H groups in total. The first-order valence-electron chi connectivity index (χ1n) is 22.2. The van der Waals surface area contributed by atoms with Gasteiger partial charge in [-0.3, -0.25) is 0 Å². The molecule has 12 aromatic rings. The van der Waals surface area contributed by atoms with Gasteiger partial charge in [0.1, 0.15) is 0 Å². The minimum Gasteiger partial charge on any atom is -0.319 e. The van der Waals surface area contributed by atoms with Crippen LogP contribution in [0.2, 0.25) is 0 Å². The van der Waals surface area contributed by atoms with Crippen molar-refractivity contribution in [3.05, 3.63) is 235 Å². The van der Waals surface area contributed by atoms with Crippen LogP contribution in [0.15, 0.2) is 212 Å². The average Bonchev–Trinajstić information content (AvgIpc) is 3.90. The summed E-state index contributed by atoms with van der Waals surface area (Å²) in [4.78, 5) is 14.7. The molecule has 0 aliphatic carbocycles. The predicted molar refractivity (Wildman–Crippen MR) is 274 cm³/mol. The third-order valence-corrected chi connectivity index (χ3v) is 12.8. The lowest BCUT2D eigenvalue weighted by molar-refractivity contribution is 1.14. The van der Waals surface area contributed by atoms with Crippen LogP contribution in [0.25, 0.3) is 116 Å². The lowest BCUT2D eigenvalue weighted by Crippen LogP contribution is -2.03. The summed E-state index contributed by atoms with van der Waals surface area (Å²) in [5.74, 6) is 0. The molecule has 0 aliphatic heterocycles. The number of nitrogens with zero attached hydrogens (tertiary/aromatic N) is 6. The summed E-state index contributed by atoms with van der Waals surface area (Å²) < 4.78 is 4.48. The zero-order valence-electron chi connectivity index (χ0n) is 36.4. The summed E-state index contributed by atoms with van der Waals surface area (Å²) in [6.45, 7) is 11.2. The zero-order chi connectivity index (χ0) is 45.0. The van der Waals surface area contributed by atoms with Crippen LogP contribution >= 0.6 is 0 Å². The highest BCUT2D eigenvalue weighted by Crippen LogP contribution is 2.47. The number of nitriles is 1. The van der Waals surface area contributed by atoms with Gasteiger partial charge in [-0.05, 0) is 102 Å². The van der Waals surface area contributed by atoms with E-state index in [4.69, 9.17) is 16.5 Å². The van der Waals surface area contributed by atoms with Crippen molar-refractivity contribution in [2.45, 2.75) is 6.92 Å². The summed E-state index contributed by atoms with van der Waals surface area (Å²) in [5, 5.41) is 14.4. The molecule has 0 unspecified atom stereocenters. The quantitative estimate of drug-likeness (QED) is 0.150. The van der Waals surface area contributed by atoms with Gasteiger partial charge in [0.2, 0.25) is 5.69 Å². The fraction of sp³-hybridized carbons (Fsp3) is 0.0164. The van der Waals surface area contributed by atoms with E-state index in [2.05, 4.69) is 172 Å². The Morgan fingerprint density at radius 3 is 1.48 bits per heavy atom. The van der Waals surface area contributed by atoms with Gasteiger partial charge >= 0.3 is 0 Å². The molecule has 0 fully saturated rings. The number of aromatic nitrogens is 4. The number of hydrogen-bond acceptors (Lipinski definition) is 3. The van der Waals surface area contributed by atoms with Gasteiger partial charge in [-0.2, -0.15) is 5.26 Å². The highest BCUT2D eigenvalue weighted by molar-refractivity contribution is 6.13. The summed E-state index contributed by atoms with van der Waals surface area (Å²) in [7, 11) is 0. The number of para-hydroxylation sites is 2. The van der Waals surface area contributed by atoms with Crippen molar-refractivity contribution in [3.8, 4) is 73.6 Å². The molecule has 6 heteroatoms. The van der Waals surface area contributed by atoms with E-state index < -0.39 is 0 Å². The second-order valence-corrected chi connectivity index (χ2v) is 16.9. The van der Waals surface area contributed by atoms with E-state index in [-0.39, 0.29) is 0 Å². The Labute approximate surface area is 387 Å². The number of benzene rings is 8. The van der Waals surface area contributed by atoms with Gasteiger partial charge < -0.3 is 9.13 Å². The second-order valence-electron chi connectivity index (χ2n) is 16.9. The molecule has 4 heterocycles. The van der Waals surface area contributed by atoms with Crippen molar-refractivity contribution < 1.29 is 0 Å². The van der Waals surface area contributed by atoms with Crippen molar-refractivity contribution in [1.82, 2.24) is 19.1 Å². The average molecular weight is 855 g/mol. The monoisotopic (exact) mass is 854 g/mol. The van der Waals surface area contributed by atoms with Crippen LogP contribution < -0.4 is 0 Å². The molecule has 0 radical (unpaired) electrons. The van der Waals surface area contributed by atoms with Crippen molar-refractivity contribution in [2.75, 3.05) is 0 Å². The highest BCUT2D eigenvalue weighted by Gasteiger charge is 2.25. The number of rotatable bonds is 7. The van der Waals surface area contributed by atoms with Gasteiger partial charge in [0.15, 0.2) is 0 Å². The van der Waals surface area contributed by atoms with Crippen molar-refractivity contribution in [1.29, 1.82) is 5.26 Å². The Balaban J connectivity index is 1.10. The topological polar surface area (TPSA) is 63.8 Å². The Hall–Kier alpha value is -9.36. The second kappa shape index (κ2) is 16.0. The number of hydrogen-bond donors (Lipinski definition) is 0. The van der Waals surface area contributed by atoms with Crippen LogP contribution in [0.4, 0.5) is 5.69 Å². The molecule has 0 aliphatic rings. The molecule has 0 saturated heterocycles. The van der Waals surface area contributed by atoms with E-state index in [1.54, 1.807) is 0 Å². The Kier molecular flexibility index (Phi) is 9.38. The lowest BCUT2D eigenvalue weighted by Gasteiger charge is -2.20. The van der Waals surface area contributed by atoms with Gasteiger partial charge in [0.05, 0.1) is 74.4 Å². The van der Waals surface area contributed by atoms with E-state index >= 15 is 0 Å². The van der Waals surface area contributed by atoms with Crippen molar-refractivity contribution in [3.63, 3.8) is 0 Å². The van der Waals surface area contributed by atoms with Crippen LogP contribution in [0, 0.1) is 24.8 Å². The van der Waals surface area contributed by atoms with Gasteiger partial charge in [-0.15, -0.1) is 0 Å². The minimum absolute atomic E-state index is 0.491. The maximum atomic E-state index is 10.2. The Morgan fingerprint density at radius 2 is 0.925 bits per heavy atom.